The number of aromatic nitrogens is 1. The summed E-state index contributed by atoms with van der Waals surface area (Å²) in [6.45, 7) is 3.55. The lowest BCUT2D eigenvalue weighted by atomic mass is 10.2. The summed E-state index contributed by atoms with van der Waals surface area (Å²) in [5.74, 6) is -0.249. The lowest BCUT2D eigenvalue weighted by molar-refractivity contribution is -0.128. The van der Waals surface area contributed by atoms with Crippen LogP contribution in [0.1, 0.15) is 23.0 Å². The van der Waals surface area contributed by atoms with Crippen LogP contribution in [-0.4, -0.2) is 22.9 Å². The molecule has 1 aromatic heterocycles. The molecular weight excluding hydrogens is 270 g/mol. The standard InChI is InChI=1S/C15H17N3O3/c1-10-5-3-6-12(9-10)21-11(2)14(19)17-18-15(20)13-7-4-8-16-13/h3-9,11,16H,1-2H3,(H,17,19)(H,18,20). The lowest BCUT2D eigenvalue weighted by Crippen LogP contribution is -2.47. The van der Waals surface area contributed by atoms with Crippen LogP contribution in [0, 0.1) is 6.92 Å². The lowest BCUT2D eigenvalue weighted by Gasteiger charge is -2.15. The molecule has 1 heterocycles. The number of H-pyrrole nitrogens is 1. The maximum absolute atomic E-state index is 11.8. The molecule has 1 aromatic carbocycles. The van der Waals surface area contributed by atoms with Crippen LogP contribution in [0.25, 0.3) is 0 Å². The van der Waals surface area contributed by atoms with E-state index in [1.54, 1.807) is 31.3 Å². The van der Waals surface area contributed by atoms with Gasteiger partial charge in [-0.1, -0.05) is 12.1 Å². The predicted octanol–water partition coefficient (Wildman–Crippen LogP) is 1.55. The highest BCUT2D eigenvalue weighted by Gasteiger charge is 2.16. The third-order valence-electron chi connectivity index (χ3n) is 2.81. The molecule has 110 valence electrons. The summed E-state index contributed by atoms with van der Waals surface area (Å²) in [5.41, 5.74) is 6.04. The van der Waals surface area contributed by atoms with Crippen molar-refractivity contribution < 1.29 is 14.3 Å². The van der Waals surface area contributed by atoms with Gasteiger partial charge in [0.05, 0.1) is 0 Å². The Morgan fingerprint density at radius 2 is 2.00 bits per heavy atom. The van der Waals surface area contributed by atoms with Crippen molar-refractivity contribution >= 4 is 11.8 Å². The molecule has 0 saturated carbocycles. The van der Waals surface area contributed by atoms with Gasteiger partial charge < -0.3 is 9.72 Å². The first-order chi connectivity index (χ1) is 10.1. The number of aryl methyl sites for hydroxylation is 1. The zero-order valence-corrected chi connectivity index (χ0v) is 11.8. The zero-order valence-electron chi connectivity index (χ0n) is 11.8. The van der Waals surface area contributed by atoms with Crippen LogP contribution in [0.4, 0.5) is 0 Å². The van der Waals surface area contributed by atoms with E-state index in [0.29, 0.717) is 11.4 Å². The highest BCUT2D eigenvalue weighted by Crippen LogP contribution is 2.14. The fraction of sp³-hybridized carbons (Fsp3) is 0.200. The number of rotatable bonds is 4. The Morgan fingerprint density at radius 3 is 2.67 bits per heavy atom. The van der Waals surface area contributed by atoms with E-state index >= 15 is 0 Å². The highest BCUT2D eigenvalue weighted by molar-refractivity contribution is 5.94. The average Bonchev–Trinajstić information content (AvgIpc) is 2.98. The summed E-state index contributed by atoms with van der Waals surface area (Å²) >= 11 is 0. The number of benzene rings is 1. The molecule has 1 unspecified atom stereocenters. The van der Waals surface area contributed by atoms with Crippen molar-refractivity contribution in [1.82, 2.24) is 15.8 Å². The second-order valence-electron chi connectivity index (χ2n) is 4.60. The number of carbonyl (C=O) groups is 2. The van der Waals surface area contributed by atoms with Crippen LogP contribution in [0.3, 0.4) is 0 Å². The van der Waals surface area contributed by atoms with E-state index < -0.39 is 17.9 Å². The molecule has 2 rings (SSSR count). The molecular formula is C15H17N3O3. The zero-order chi connectivity index (χ0) is 15.2. The average molecular weight is 287 g/mol. The van der Waals surface area contributed by atoms with Crippen LogP contribution >= 0.6 is 0 Å². The van der Waals surface area contributed by atoms with Crippen LogP contribution in [0.5, 0.6) is 5.75 Å². The van der Waals surface area contributed by atoms with Crippen LogP contribution in [0.2, 0.25) is 0 Å². The van der Waals surface area contributed by atoms with Crippen molar-refractivity contribution in [3.63, 3.8) is 0 Å². The van der Waals surface area contributed by atoms with Gasteiger partial charge in [0.2, 0.25) is 0 Å². The molecule has 3 N–H and O–H groups in total. The van der Waals surface area contributed by atoms with Gasteiger partial charge in [0.1, 0.15) is 11.4 Å². The molecule has 0 aliphatic rings. The van der Waals surface area contributed by atoms with Gasteiger partial charge in [0.25, 0.3) is 11.8 Å². The van der Waals surface area contributed by atoms with Gasteiger partial charge in [-0.25, -0.2) is 0 Å². The van der Waals surface area contributed by atoms with E-state index in [2.05, 4.69) is 15.8 Å². The first kappa shape index (κ1) is 14.6. The van der Waals surface area contributed by atoms with Crippen molar-refractivity contribution in [1.29, 1.82) is 0 Å². The Bertz CT molecular complexity index is 623. The minimum atomic E-state index is -0.726. The van der Waals surface area contributed by atoms with Crippen molar-refractivity contribution in [3.05, 3.63) is 53.9 Å². The highest BCUT2D eigenvalue weighted by atomic mass is 16.5. The summed E-state index contributed by atoms with van der Waals surface area (Å²) in [7, 11) is 0. The number of nitrogens with one attached hydrogen (secondary N) is 3. The number of aromatic amines is 1. The van der Waals surface area contributed by atoms with E-state index in [4.69, 9.17) is 4.74 Å². The number of hydrazine groups is 1. The maximum Gasteiger partial charge on any atom is 0.286 e. The third-order valence-corrected chi connectivity index (χ3v) is 2.81. The van der Waals surface area contributed by atoms with Gasteiger partial charge in [-0.3, -0.25) is 20.4 Å². The molecule has 21 heavy (non-hydrogen) atoms. The largest absolute Gasteiger partial charge is 0.481 e. The summed E-state index contributed by atoms with van der Waals surface area (Å²) in [6, 6.07) is 10.7. The Hall–Kier alpha value is -2.76. The molecule has 6 heteroatoms. The molecule has 2 aromatic rings. The number of ether oxygens (including phenoxy) is 1. The molecule has 0 spiro atoms. The van der Waals surface area contributed by atoms with Gasteiger partial charge in [0.15, 0.2) is 6.10 Å². The van der Waals surface area contributed by atoms with Crippen molar-refractivity contribution in [2.45, 2.75) is 20.0 Å². The van der Waals surface area contributed by atoms with E-state index in [1.165, 1.54) is 0 Å². The number of hydrogen-bond acceptors (Lipinski definition) is 3. The SMILES string of the molecule is Cc1cccc(OC(C)C(=O)NNC(=O)c2ccc[nH]2)c1. The first-order valence-electron chi connectivity index (χ1n) is 6.53. The van der Waals surface area contributed by atoms with E-state index in [0.717, 1.165) is 5.56 Å². The predicted molar refractivity (Wildman–Crippen MR) is 77.7 cm³/mol. The quantitative estimate of drug-likeness (QED) is 0.746. The Balaban J connectivity index is 1.84. The Morgan fingerprint density at radius 1 is 1.19 bits per heavy atom. The molecule has 6 nitrogen and oxygen atoms in total. The number of amides is 2. The van der Waals surface area contributed by atoms with Gasteiger partial charge in [-0.05, 0) is 43.7 Å². The van der Waals surface area contributed by atoms with E-state index in [-0.39, 0.29) is 0 Å². The molecule has 1 atom stereocenters. The molecule has 0 aliphatic carbocycles. The fourth-order valence-corrected chi connectivity index (χ4v) is 1.71. The van der Waals surface area contributed by atoms with Gasteiger partial charge in [0, 0.05) is 6.20 Å². The van der Waals surface area contributed by atoms with Crippen molar-refractivity contribution in [2.75, 3.05) is 0 Å². The molecule has 2 amide bonds. The van der Waals surface area contributed by atoms with Crippen LogP contribution in [-0.2, 0) is 4.79 Å². The summed E-state index contributed by atoms with van der Waals surface area (Å²) < 4.78 is 5.51. The monoisotopic (exact) mass is 287 g/mol. The Kier molecular flexibility index (Phi) is 4.61. The minimum Gasteiger partial charge on any atom is -0.481 e. The summed E-state index contributed by atoms with van der Waals surface area (Å²) in [6.07, 6.45) is 0.899. The van der Waals surface area contributed by atoms with Crippen LogP contribution in [0.15, 0.2) is 42.6 Å². The minimum absolute atomic E-state index is 0.363. The van der Waals surface area contributed by atoms with E-state index in [1.807, 2.05) is 25.1 Å². The molecule has 0 bridgehead atoms. The molecule has 0 aliphatic heterocycles. The fourth-order valence-electron chi connectivity index (χ4n) is 1.71. The van der Waals surface area contributed by atoms with Gasteiger partial charge >= 0.3 is 0 Å². The Labute approximate surface area is 122 Å². The molecule has 0 radical (unpaired) electrons. The maximum atomic E-state index is 11.8. The van der Waals surface area contributed by atoms with Crippen LogP contribution < -0.4 is 15.6 Å². The number of hydrogen-bond donors (Lipinski definition) is 3. The molecule has 0 saturated heterocycles. The molecule has 0 fully saturated rings. The normalized spacial score (nSPS) is 11.5. The van der Waals surface area contributed by atoms with Crippen molar-refractivity contribution in [3.8, 4) is 5.75 Å². The summed E-state index contributed by atoms with van der Waals surface area (Å²) in [5, 5.41) is 0. The second kappa shape index (κ2) is 6.60. The number of carbonyl (C=O) groups excluding carboxylic acids is 2. The first-order valence-corrected chi connectivity index (χ1v) is 6.53. The second-order valence-corrected chi connectivity index (χ2v) is 4.60. The van der Waals surface area contributed by atoms with Gasteiger partial charge in [-0.15, -0.1) is 0 Å². The van der Waals surface area contributed by atoms with E-state index in [9.17, 15) is 9.59 Å². The topological polar surface area (TPSA) is 83.2 Å². The third kappa shape index (κ3) is 4.10. The van der Waals surface area contributed by atoms with Gasteiger partial charge in [-0.2, -0.15) is 0 Å². The smallest absolute Gasteiger partial charge is 0.286 e. The van der Waals surface area contributed by atoms with Crippen molar-refractivity contribution in [2.24, 2.45) is 0 Å². The summed E-state index contributed by atoms with van der Waals surface area (Å²) in [4.78, 5) is 26.2.